The summed E-state index contributed by atoms with van der Waals surface area (Å²) in [4.78, 5) is 9.52. The summed E-state index contributed by atoms with van der Waals surface area (Å²) in [5.74, 6) is 3.57. The Morgan fingerprint density at radius 3 is 2.06 bits per heavy atom. The lowest BCUT2D eigenvalue weighted by molar-refractivity contribution is 0.297. The lowest BCUT2D eigenvalue weighted by atomic mass is 9.79. The molecule has 3 rings (SSSR count). The Kier molecular flexibility index (Phi) is 11.8. The van der Waals surface area contributed by atoms with Gasteiger partial charge in [-0.25, -0.2) is 9.97 Å². The lowest BCUT2D eigenvalue weighted by Crippen LogP contribution is -2.15. The second-order valence-corrected chi connectivity index (χ2v) is 10.1. The molecule has 1 aliphatic carbocycles. The Morgan fingerprint density at radius 1 is 0.727 bits per heavy atom. The van der Waals surface area contributed by atoms with Gasteiger partial charge in [-0.2, -0.15) is 0 Å². The molecule has 0 atom stereocenters. The third-order valence-corrected chi connectivity index (χ3v) is 7.30. The number of hydrogen-bond donors (Lipinski definition) is 0. The Labute approximate surface area is 202 Å². The van der Waals surface area contributed by atoms with Gasteiger partial charge in [-0.3, -0.25) is 0 Å². The molecule has 1 fully saturated rings. The van der Waals surface area contributed by atoms with Gasteiger partial charge in [0.25, 0.3) is 0 Å². The minimum Gasteiger partial charge on any atom is -0.494 e. The van der Waals surface area contributed by atoms with Crippen LogP contribution in [0, 0.1) is 5.92 Å². The van der Waals surface area contributed by atoms with E-state index in [-0.39, 0.29) is 0 Å². The minimum absolute atomic E-state index is 0.570. The van der Waals surface area contributed by atoms with Gasteiger partial charge < -0.3 is 4.74 Å². The molecule has 0 amide bonds. The first-order chi connectivity index (χ1) is 16.3. The molecule has 1 aromatic heterocycles. The molecule has 0 aliphatic heterocycles. The summed E-state index contributed by atoms with van der Waals surface area (Å²) < 4.78 is 5.89. The van der Waals surface area contributed by atoms with Crippen LogP contribution in [0.4, 0.5) is 0 Å². The Balaban J connectivity index is 1.35. The molecule has 182 valence electrons. The highest BCUT2D eigenvalue weighted by Crippen LogP contribution is 2.36. The fourth-order valence-corrected chi connectivity index (χ4v) is 5.03. The third-order valence-electron chi connectivity index (χ3n) is 7.30. The standard InChI is InChI=1S/C30H46N2O/c1-3-5-7-8-10-22-33-29-20-16-26(17-21-29)12-13-27-23-31-30(32-24-27)28-18-14-25(15-19-28)11-9-6-4-2/h16-17,20-21,23-25,28H,3-15,18-19,22H2,1-2H3/t25-,28-. The minimum atomic E-state index is 0.570. The zero-order valence-corrected chi connectivity index (χ0v) is 21.2. The van der Waals surface area contributed by atoms with Crippen molar-refractivity contribution in [2.75, 3.05) is 6.61 Å². The summed E-state index contributed by atoms with van der Waals surface area (Å²) in [5.41, 5.74) is 2.58. The molecule has 2 aromatic rings. The summed E-state index contributed by atoms with van der Waals surface area (Å²) in [6, 6.07) is 8.61. The largest absolute Gasteiger partial charge is 0.494 e. The quantitative estimate of drug-likeness (QED) is 0.255. The average Bonchev–Trinajstić information content (AvgIpc) is 2.86. The maximum absolute atomic E-state index is 5.89. The first-order valence-corrected chi connectivity index (χ1v) is 13.8. The zero-order valence-electron chi connectivity index (χ0n) is 21.2. The molecule has 1 aromatic carbocycles. The van der Waals surface area contributed by atoms with Crippen LogP contribution in [0.5, 0.6) is 5.75 Å². The van der Waals surface area contributed by atoms with Crippen molar-refractivity contribution in [1.82, 2.24) is 9.97 Å². The molecule has 3 heteroatoms. The molecule has 0 saturated heterocycles. The van der Waals surface area contributed by atoms with Crippen LogP contribution in [0.3, 0.4) is 0 Å². The van der Waals surface area contributed by atoms with Gasteiger partial charge in [0.2, 0.25) is 0 Å². The zero-order chi connectivity index (χ0) is 23.1. The average molecular weight is 451 g/mol. The second-order valence-electron chi connectivity index (χ2n) is 10.1. The highest BCUT2D eigenvalue weighted by molar-refractivity contribution is 5.28. The van der Waals surface area contributed by atoms with Crippen LogP contribution in [0.15, 0.2) is 36.7 Å². The molecule has 3 nitrogen and oxygen atoms in total. The normalized spacial score (nSPS) is 18.4. The Bertz CT molecular complexity index is 748. The second kappa shape index (κ2) is 15.1. The summed E-state index contributed by atoms with van der Waals surface area (Å²) in [5, 5.41) is 0. The predicted molar refractivity (Wildman–Crippen MR) is 139 cm³/mol. The predicted octanol–water partition coefficient (Wildman–Crippen LogP) is 8.47. The van der Waals surface area contributed by atoms with Crippen LogP contribution in [-0.4, -0.2) is 16.6 Å². The van der Waals surface area contributed by atoms with E-state index in [0.717, 1.165) is 43.4 Å². The maximum Gasteiger partial charge on any atom is 0.131 e. The highest BCUT2D eigenvalue weighted by Gasteiger charge is 2.23. The number of ether oxygens (including phenoxy) is 1. The van der Waals surface area contributed by atoms with Gasteiger partial charge in [0.15, 0.2) is 0 Å². The molecule has 1 aliphatic rings. The van der Waals surface area contributed by atoms with Crippen molar-refractivity contribution >= 4 is 0 Å². The van der Waals surface area contributed by atoms with Crippen LogP contribution >= 0.6 is 0 Å². The summed E-state index contributed by atoms with van der Waals surface area (Å²) >= 11 is 0. The molecular formula is C30H46N2O. The van der Waals surface area contributed by atoms with Gasteiger partial charge in [-0.1, -0.05) is 77.3 Å². The van der Waals surface area contributed by atoms with Crippen LogP contribution in [0.25, 0.3) is 0 Å². The van der Waals surface area contributed by atoms with Gasteiger partial charge in [-0.15, -0.1) is 0 Å². The summed E-state index contributed by atoms with van der Waals surface area (Å²) in [7, 11) is 0. The van der Waals surface area contributed by atoms with Crippen molar-refractivity contribution in [3.05, 3.63) is 53.6 Å². The van der Waals surface area contributed by atoms with E-state index in [4.69, 9.17) is 14.7 Å². The van der Waals surface area contributed by atoms with Crippen molar-refractivity contribution in [1.29, 1.82) is 0 Å². The van der Waals surface area contributed by atoms with Gasteiger partial charge in [0.05, 0.1) is 6.61 Å². The SMILES string of the molecule is CCCCCCCOc1ccc(CCc2cnc([C@H]3CC[C@H](CCCCC)CC3)nc2)cc1. The third kappa shape index (κ3) is 9.47. The number of aryl methyl sites for hydroxylation is 2. The number of nitrogens with zero attached hydrogens (tertiary/aromatic N) is 2. The van der Waals surface area contributed by atoms with Crippen LogP contribution in [-0.2, 0) is 12.8 Å². The van der Waals surface area contributed by atoms with E-state index >= 15 is 0 Å². The Hall–Kier alpha value is -1.90. The van der Waals surface area contributed by atoms with E-state index in [2.05, 4.69) is 50.5 Å². The Morgan fingerprint density at radius 2 is 1.36 bits per heavy atom. The van der Waals surface area contributed by atoms with Gasteiger partial charge in [0.1, 0.15) is 11.6 Å². The van der Waals surface area contributed by atoms with E-state index < -0.39 is 0 Å². The number of hydrogen-bond acceptors (Lipinski definition) is 3. The molecule has 0 unspecified atom stereocenters. The van der Waals surface area contributed by atoms with Crippen molar-refractivity contribution in [3.63, 3.8) is 0 Å². The van der Waals surface area contributed by atoms with E-state index in [9.17, 15) is 0 Å². The molecule has 33 heavy (non-hydrogen) atoms. The smallest absolute Gasteiger partial charge is 0.131 e. The van der Waals surface area contributed by atoms with Crippen LogP contribution in [0.2, 0.25) is 0 Å². The number of benzene rings is 1. The first kappa shape index (κ1) is 25.7. The van der Waals surface area contributed by atoms with Crippen molar-refractivity contribution in [2.24, 2.45) is 5.92 Å². The van der Waals surface area contributed by atoms with Crippen LogP contribution in [0.1, 0.15) is 120 Å². The molecule has 1 saturated carbocycles. The van der Waals surface area contributed by atoms with E-state index in [1.807, 2.05) is 0 Å². The number of rotatable bonds is 15. The lowest BCUT2D eigenvalue weighted by Gasteiger charge is -2.27. The van der Waals surface area contributed by atoms with Gasteiger partial charge in [0, 0.05) is 18.3 Å². The van der Waals surface area contributed by atoms with Crippen molar-refractivity contribution in [2.45, 2.75) is 116 Å². The summed E-state index contributed by atoms with van der Waals surface area (Å²) in [6.45, 7) is 5.37. The van der Waals surface area contributed by atoms with Gasteiger partial charge in [-0.05, 0) is 74.1 Å². The maximum atomic E-state index is 5.89. The molecule has 0 spiro atoms. The highest BCUT2D eigenvalue weighted by atomic mass is 16.5. The molecular weight excluding hydrogens is 404 g/mol. The molecule has 1 heterocycles. The molecule has 0 bridgehead atoms. The monoisotopic (exact) mass is 450 g/mol. The number of unbranched alkanes of at least 4 members (excludes halogenated alkanes) is 6. The molecule has 0 N–H and O–H groups in total. The molecule has 0 radical (unpaired) electrons. The fourth-order valence-electron chi connectivity index (χ4n) is 5.03. The van der Waals surface area contributed by atoms with Crippen molar-refractivity contribution < 1.29 is 4.74 Å². The van der Waals surface area contributed by atoms with Gasteiger partial charge >= 0.3 is 0 Å². The van der Waals surface area contributed by atoms with Crippen LogP contribution < -0.4 is 4.74 Å². The number of aromatic nitrogens is 2. The topological polar surface area (TPSA) is 35.0 Å². The van der Waals surface area contributed by atoms with E-state index in [1.54, 1.807) is 0 Å². The fraction of sp³-hybridized carbons (Fsp3) is 0.667. The van der Waals surface area contributed by atoms with E-state index in [1.165, 1.54) is 88.2 Å². The summed E-state index contributed by atoms with van der Waals surface area (Å²) in [6.07, 6.45) is 23.3. The van der Waals surface area contributed by atoms with Crippen molar-refractivity contribution in [3.8, 4) is 5.75 Å². The first-order valence-electron chi connectivity index (χ1n) is 13.8. The van der Waals surface area contributed by atoms with E-state index in [0.29, 0.717) is 5.92 Å².